The summed E-state index contributed by atoms with van der Waals surface area (Å²) in [5, 5.41) is 11.4. The van der Waals surface area contributed by atoms with Gasteiger partial charge in [0.1, 0.15) is 52.1 Å². The Balaban J connectivity index is 0.000000244. The standard InChI is InChI=1S/2C18H18FN3O2S.C14H15FO3.C8H5F.C6H10O3/c2*1-4-24-17(23)14-11(2)21-15(16-20-9-10-25-16)22-18(14,3)12-5-7-13(19)8-6-12;1-4-18-14(17)13(10(3)16)9(2)11-5-7-12(15)8-6-11;1-2-7-3-5-8(9)6-4-7;1-3-9-6(8)4-5(2)7/h2*5-10H,4H2,1-3H3,(H,21,22);5-8H,4H2,1-3H3;1,3-6H;3-4H2,1-2H3/b;;13-9+;;/t2*18-;;;/m10.../s1. The molecule has 2 aromatic heterocycles. The number of allylic oxidation sites excluding steroid dienone is 3. The number of terminal acetylenes is 1. The summed E-state index contributed by atoms with van der Waals surface area (Å²) >= 11 is 2.89. The van der Waals surface area contributed by atoms with Gasteiger partial charge in [-0.25, -0.2) is 51.9 Å². The second-order valence-electron chi connectivity index (χ2n) is 18.6. The highest BCUT2D eigenvalue weighted by Gasteiger charge is 2.43. The van der Waals surface area contributed by atoms with E-state index in [9.17, 15) is 46.3 Å². The van der Waals surface area contributed by atoms with Crippen LogP contribution in [0.15, 0.2) is 158 Å². The number of aliphatic imine (C=N–C) groups is 2. The van der Waals surface area contributed by atoms with E-state index in [1.807, 2.05) is 24.6 Å². The average Bonchev–Trinajstić information content (AvgIpc) is 1.01. The van der Waals surface area contributed by atoms with Crippen molar-refractivity contribution in [3.8, 4) is 12.3 Å². The Morgan fingerprint density at radius 2 is 0.930 bits per heavy atom. The van der Waals surface area contributed by atoms with Gasteiger partial charge < -0.3 is 29.6 Å². The van der Waals surface area contributed by atoms with Crippen molar-refractivity contribution in [3.63, 3.8) is 0 Å². The number of benzene rings is 4. The van der Waals surface area contributed by atoms with Gasteiger partial charge in [0.25, 0.3) is 0 Å². The number of carbonyl (C=O) groups is 6. The van der Waals surface area contributed by atoms with Crippen molar-refractivity contribution in [2.45, 2.75) is 93.7 Å². The molecule has 0 bridgehead atoms. The van der Waals surface area contributed by atoms with Crippen molar-refractivity contribution in [2.75, 3.05) is 26.4 Å². The first-order chi connectivity index (χ1) is 40.9. The third kappa shape index (κ3) is 19.4. The van der Waals surface area contributed by atoms with Crippen LogP contribution in [0.1, 0.15) is 115 Å². The number of ether oxygens (including phenoxy) is 4. The lowest BCUT2D eigenvalue weighted by Crippen LogP contribution is -2.41. The van der Waals surface area contributed by atoms with Crippen LogP contribution in [0.3, 0.4) is 0 Å². The molecular weight excluding hydrogens is 1150 g/mol. The summed E-state index contributed by atoms with van der Waals surface area (Å²) < 4.78 is 71.5. The third-order valence-electron chi connectivity index (χ3n) is 12.2. The number of nitrogens with zero attached hydrogens (tertiary/aromatic N) is 4. The molecule has 2 aliphatic rings. The van der Waals surface area contributed by atoms with Crippen LogP contribution in [0, 0.1) is 35.6 Å². The first-order valence-corrected chi connectivity index (χ1v) is 28.5. The number of ketones is 2. The SMILES string of the molecule is C#Cc1ccc(F)cc1.CCOC(=O)/C(C(C)=O)=C(\C)c1ccc(F)cc1.CCOC(=O)C1=C(C)NC(c2nccs2)=N[C@@]1(C)c1ccc(F)cc1.CCOC(=O)C1=C(C)NC(c2nccs2)=N[C@]1(C)c1ccc(F)cc1.CCOC(=O)CC(C)=O. The maximum absolute atomic E-state index is 13.4. The van der Waals surface area contributed by atoms with Crippen molar-refractivity contribution in [1.82, 2.24) is 20.6 Å². The summed E-state index contributed by atoms with van der Waals surface area (Å²) in [7, 11) is 0. The Kier molecular flexibility index (Phi) is 26.9. The number of nitrogens with one attached hydrogen (secondary N) is 2. The number of halogens is 4. The minimum absolute atomic E-state index is 0.00320. The molecular formula is C64H66F4N6O10S2. The van der Waals surface area contributed by atoms with Gasteiger partial charge in [-0.05, 0) is 159 Å². The minimum Gasteiger partial charge on any atom is -0.466 e. The molecule has 2 atom stereocenters. The summed E-state index contributed by atoms with van der Waals surface area (Å²) in [6.07, 6.45) is 8.31. The maximum Gasteiger partial charge on any atom is 0.342 e. The van der Waals surface area contributed by atoms with Gasteiger partial charge in [0.15, 0.2) is 27.5 Å². The molecule has 0 spiro atoms. The van der Waals surface area contributed by atoms with Gasteiger partial charge in [0, 0.05) is 40.1 Å². The zero-order valence-corrected chi connectivity index (χ0v) is 51.0. The Labute approximate surface area is 505 Å². The van der Waals surface area contributed by atoms with E-state index in [0.29, 0.717) is 68.6 Å². The van der Waals surface area contributed by atoms with Gasteiger partial charge in [0.2, 0.25) is 0 Å². The molecule has 0 aliphatic carbocycles. The lowest BCUT2D eigenvalue weighted by atomic mass is 9.82. The summed E-state index contributed by atoms with van der Waals surface area (Å²) in [6, 6.07) is 23.4. The van der Waals surface area contributed by atoms with Crippen LogP contribution in [0.4, 0.5) is 17.6 Å². The maximum atomic E-state index is 13.4. The molecule has 2 N–H and O–H groups in total. The van der Waals surface area contributed by atoms with Gasteiger partial charge in [-0.3, -0.25) is 14.4 Å². The molecule has 0 fully saturated rings. The largest absolute Gasteiger partial charge is 0.466 e. The van der Waals surface area contributed by atoms with Crippen LogP contribution in [0.25, 0.3) is 5.57 Å². The number of hydrogen-bond acceptors (Lipinski definition) is 18. The fourth-order valence-electron chi connectivity index (χ4n) is 8.36. The van der Waals surface area contributed by atoms with Crippen LogP contribution < -0.4 is 10.6 Å². The van der Waals surface area contributed by atoms with E-state index in [0.717, 1.165) is 10.0 Å². The average molecular weight is 1220 g/mol. The first-order valence-electron chi connectivity index (χ1n) is 26.7. The fraction of sp³-hybridized carbons (Fsp3) is 0.281. The van der Waals surface area contributed by atoms with Gasteiger partial charge in [-0.2, -0.15) is 0 Å². The smallest absolute Gasteiger partial charge is 0.342 e. The molecule has 4 aromatic carbocycles. The number of carbonyl (C=O) groups excluding carboxylic acids is 6. The lowest BCUT2D eigenvalue weighted by molar-refractivity contribution is -0.145. The van der Waals surface area contributed by atoms with Gasteiger partial charge in [-0.15, -0.1) is 29.1 Å². The van der Waals surface area contributed by atoms with Gasteiger partial charge in [0.05, 0.1) is 37.6 Å². The number of rotatable bonds is 15. The summed E-state index contributed by atoms with van der Waals surface area (Å²) in [5.41, 5.74) is 3.31. The molecule has 86 heavy (non-hydrogen) atoms. The number of aromatic nitrogens is 2. The van der Waals surface area contributed by atoms with Crippen molar-refractivity contribution in [2.24, 2.45) is 9.98 Å². The van der Waals surface area contributed by atoms with E-state index >= 15 is 0 Å². The highest BCUT2D eigenvalue weighted by Crippen LogP contribution is 2.40. The number of Topliss-reactive ketones (excluding diaryl/α,β-unsaturated/α-hetero) is 2. The van der Waals surface area contributed by atoms with Gasteiger partial charge >= 0.3 is 23.9 Å². The Bertz CT molecular complexity index is 3380. The van der Waals surface area contributed by atoms with Gasteiger partial charge in [-0.1, -0.05) is 42.3 Å². The highest BCUT2D eigenvalue weighted by atomic mass is 32.1. The number of amidine groups is 2. The molecule has 0 saturated carbocycles. The summed E-state index contributed by atoms with van der Waals surface area (Å²) in [6.45, 7) is 19.5. The zero-order chi connectivity index (χ0) is 63.7. The number of thiazole rings is 2. The number of hydrogen-bond donors (Lipinski definition) is 2. The molecule has 0 unspecified atom stereocenters. The van der Waals surface area contributed by atoms with E-state index in [1.54, 1.807) is 97.3 Å². The monoisotopic (exact) mass is 1220 g/mol. The topological polar surface area (TPSA) is 214 Å². The van der Waals surface area contributed by atoms with E-state index < -0.39 is 35.0 Å². The Morgan fingerprint density at radius 3 is 1.26 bits per heavy atom. The number of esters is 4. The molecule has 0 radical (unpaired) electrons. The predicted molar refractivity (Wildman–Crippen MR) is 322 cm³/mol. The molecule has 6 aromatic rings. The molecule has 452 valence electrons. The highest BCUT2D eigenvalue weighted by molar-refractivity contribution is 7.12. The molecule has 0 saturated heterocycles. The van der Waals surface area contributed by atoms with Crippen molar-refractivity contribution >= 4 is 75.4 Å². The van der Waals surface area contributed by atoms with E-state index in [1.165, 1.54) is 97.2 Å². The second kappa shape index (κ2) is 33.3. The molecule has 4 heterocycles. The Hall–Kier alpha value is -9.20. The van der Waals surface area contributed by atoms with E-state index in [2.05, 4.69) is 31.3 Å². The van der Waals surface area contributed by atoms with Crippen LogP contribution in [-0.4, -0.2) is 83.5 Å². The Morgan fingerprint density at radius 1 is 0.558 bits per heavy atom. The summed E-state index contributed by atoms with van der Waals surface area (Å²) in [4.78, 5) is 87.1. The van der Waals surface area contributed by atoms with Crippen LogP contribution in [-0.2, 0) is 58.8 Å². The molecule has 8 rings (SSSR count). The van der Waals surface area contributed by atoms with Crippen LogP contribution >= 0.6 is 22.7 Å². The van der Waals surface area contributed by atoms with E-state index in [-0.39, 0.29) is 66.6 Å². The normalized spacial score (nSPS) is 15.9. The lowest BCUT2D eigenvalue weighted by Gasteiger charge is -2.34. The van der Waals surface area contributed by atoms with Crippen LogP contribution in [0.5, 0.6) is 0 Å². The van der Waals surface area contributed by atoms with Crippen LogP contribution in [0.2, 0.25) is 0 Å². The molecule has 22 heteroatoms. The predicted octanol–water partition coefficient (Wildman–Crippen LogP) is 11.9. The van der Waals surface area contributed by atoms with Crippen molar-refractivity contribution in [1.29, 1.82) is 0 Å². The van der Waals surface area contributed by atoms with Crippen molar-refractivity contribution in [3.05, 3.63) is 204 Å². The summed E-state index contributed by atoms with van der Waals surface area (Å²) in [5.74, 6) is -0.269. The molecule has 0 amide bonds. The minimum atomic E-state index is -1.00. The van der Waals surface area contributed by atoms with Crippen molar-refractivity contribution < 1.29 is 65.3 Å². The molecule has 2 aliphatic heterocycles. The zero-order valence-electron chi connectivity index (χ0n) is 49.4. The third-order valence-corrected chi connectivity index (χ3v) is 13.8. The molecule has 16 nitrogen and oxygen atoms in total. The second-order valence-corrected chi connectivity index (χ2v) is 20.4. The fourth-order valence-corrected chi connectivity index (χ4v) is 9.52. The van der Waals surface area contributed by atoms with E-state index in [4.69, 9.17) is 30.6 Å². The quantitative estimate of drug-likeness (QED) is 0.0186. The first kappa shape index (κ1) is 69.3.